The van der Waals surface area contributed by atoms with E-state index in [0.29, 0.717) is 13.0 Å². The van der Waals surface area contributed by atoms with Gasteiger partial charge >= 0.3 is 6.03 Å². The van der Waals surface area contributed by atoms with Crippen LogP contribution in [0.1, 0.15) is 33.1 Å². The molecule has 2 unspecified atom stereocenters. The zero-order chi connectivity index (χ0) is 14.0. The standard InChI is InChI=1S/C13H20N2O4/c1-8(2)10-11(16)14-13(18)15(12(10)17)6-5-9-4-3-7-19-9/h8-10H,3-7H2,1-2H3,(H,14,16,18). The molecule has 0 spiro atoms. The van der Waals surface area contributed by atoms with Gasteiger partial charge in [-0.25, -0.2) is 4.79 Å². The maximum Gasteiger partial charge on any atom is 0.330 e. The highest BCUT2D eigenvalue weighted by Gasteiger charge is 2.41. The van der Waals surface area contributed by atoms with Gasteiger partial charge in [-0.3, -0.25) is 19.8 Å². The number of carbonyl (C=O) groups is 3. The smallest absolute Gasteiger partial charge is 0.330 e. The molecule has 2 aliphatic rings. The third kappa shape index (κ3) is 2.94. The summed E-state index contributed by atoms with van der Waals surface area (Å²) in [6, 6.07) is -0.607. The molecule has 2 atom stereocenters. The Morgan fingerprint density at radius 1 is 1.37 bits per heavy atom. The van der Waals surface area contributed by atoms with Crippen molar-refractivity contribution in [2.45, 2.75) is 39.2 Å². The van der Waals surface area contributed by atoms with Crippen molar-refractivity contribution in [3.8, 4) is 0 Å². The Balaban J connectivity index is 1.99. The predicted octanol–water partition coefficient (Wildman–Crippen LogP) is 0.906. The highest BCUT2D eigenvalue weighted by molar-refractivity contribution is 6.16. The molecule has 6 nitrogen and oxygen atoms in total. The highest BCUT2D eigenvalue weighted by Crippen LogP contribution is 2.21. The number of amides is 4. The van der Waals surface area contributed by atoms with Crippen molar-refractivity contribution < 1.29 is 19.1 Å². The lowest BCUT2D eigenvalue weighted by molar-refractivity contribution is -0.144. The fraction of sp³-hybridized carbons (Fsp3) is 0.769. The highest BCUT2D eigenvalue weighted by atomic mass is 16.5. The number of urea groups is 1. The monoisotopic (exact) mass is 268 g/mol. The summed E-state index contributed by atoms with van der Waals surface area (Å²) in [4.78, 5) is 36.7. The first-order valence-electron chi connectivity index (χ1n) is 6.78. The number of nitrogens with zero attached hydrogens (tertiary/aromatic N) is 1. The summed E-state index contributed by atoms with van der Waals surface area (Å²) in [6.07, 6.45) is 2.75. The van der Waals surface area contributed by atoms with E-state index >= 15 is 0 Å². The largest absolute Gasteiger partial charge is 0.378 e. The number of barbiturate groups is 1. The van der Waals surface area contributed by atoms with Gasteiger partial charge in [0, 0.05) is 13.2 Å². The van der Waals surface area contributed by atoms with E-state index < -0.39 is 17.9 Å². The average Bonchev–Trinajstić information content (AvgIpc) is 2.80. The Bertz CT molecular complexity index is 388. The van der Waals surface area contributed by atoms with E-state index in [1.165, 1.54) is 0 Å². The molecule has 0 bridgehead atoms. The molecule has 19 heavy (non-hydrogen) atoms. The number of rotatable bonds is 4. The van der Waals surface area contributed by atoms with Gasteiger partial charge in [0.15, 0.2) is 0 Å². The molecule has 2 rings (SSSR count). The first-order chi connectivity index (χ1) is 9.00. The van der Waals surface area contributed by atoms with E-state index in [-0.39, 0.29) is 17.9 Å². The van der Waals surface area contributed by atoms with Crippen molar-refractivity contribution in [2.75, 3.05) is 13.2 Å². The lowest BCUT2D eigenvalue weighted by atomic mass is 9.92. The molecule has 0 saturated carbocycles. The maximum absolute atomic E-state index is 12.2. The van der Waals surface area contributed by atoms with Crippen LogP contribution in [0.25, 0.3) is 0 Å². The van der Waals surface area contributed by atoms with Crippen molar-refractivity contribution in [3.05, 3.63) is 0 Å². The molecular weight excluding hydrogens is 248 g/mol. The van der Waals surface area contributed by atoms with Crippen molar-refractivity contribution in [1.29, 1.82) is 0 Å². The summed E-state index contributed by atoms with van der Waals surface area (Å²) >= 11 is 0. The van der Waals surface area contributed by atoms with Gasteiger partial charge < -0.3 is 4.74 Å². The van der Waals surface area contributed by atoms with Gasteiger partial charge in [-0.05, 0) is 25.2 Å². The lowest BCUT2D eigenvalue weighted by Crippen LogP contribution is -2.59. The number of hydrogen-bond donors (Lipinski definition) is 1. The van der Waals surface area contributed by atoms with Gasteiger partial charge in [0.05, 0.1) is 6.10 Å². The summed E-state index contributed by atoms with van der Waals surface area (Å²) in [5.41, 5.74) is 0. The van der Waals surface area contributed by atoms with Crippen molar-refractivity contribution in [2.24, 2.45) is 11.8 Å². The summed E-state index contributed by atoms with van der Waals surface area (Å²) in [6.45, 7) is 4.66. The van der Waals surface area contributed by atoms with Gasteiger partial charge in [-0.15, -0.1) is 0 Å². The quantitative estimate of drug-likeness (QED) is 0.769. The number of ether oxygens (including phenoxy) is 1. The zero-order valence-corrected chi connectivity index (χ0v) is 11.3. The molecule has 1 N–H and O–H groups in total. The second-order valence-electron chi connectivity index (χ2n) is 5.43. The van der Waals surface area contributed by atoms with Crippen LogP contribution in [0.5, 0.6) is 0 Å². The number of carbonyl (C=O) groups excluding carboxylic acids is 3. The fourth-order valence-corrected chi connectivity index (χ4v) is 2.58. The molecule has 2 heterocycles. The Morgan fingerprint density at radius 2 is 2.11 bits per heavy atom. The molecule has 0 aliphatic carbocycles. The van der Waals surface area contributed by atoms with Crippen molar-refractivity contribution in [1.82, 2.24) is 10.2 Å². The Morgan fingerprint density at radius 3 is 2.68 bits per heavy atom. The van der Waals surface area contributed by atoms with Crippen LogP contribution in [0.15, 0.2) is 0 Å². The molecule has 0 aromatic carbocycles. The number of hydrogen-bond acceptors (Lipinski definition) is 4. The summed E-state index contributed by atoms with van der Waals surface area (Å²) in [5.74, 6) is -1.76. The first kappa shape index (κ1) is 14.0. The van der Waals surface area contributed by atoms with Crippen molar-refractivity contribution in [3.63, 3.8) is 0 Å². The fourth-order valence-electron chi connectivity index (χ4n) is 2.58. The van der Waals surface area contributed by atoms with Gasteiger partial charge in [0.2, 0.25) is 11.8 Å². The third-order valence-electron chi connectivity index (χ3n) is 3.66. The van der Waals surface area contributed by atoms with Gasteiger partial charge in [-0.2, -0.15) is 0 Å². The van der Waals surface area contributed by atoms with Crippen LogP contribution in [0.4, 0.5) is 4.79 Å². The van der Waals surface area contributed by atoms with Crippen LogP contribution in [0, 0.1) is 11.8 Å². The summed E-state index contributed by atoms with van der Waals surface area (Å²) in [5, 5.41) is 2.25. The molecule has 2 fully saturated rings. The molecule has 0 aromatic rings. The van der Waals surface area contributed by atoms with Crippen LogP contribution < -0.4 is 5.32 Å². The third-order valence-corrected chi connectivity index (χ3v) is 3.66. The molecule has 0 aromatic heterocycles. The predicted molar refractivity (Wildman–Crippen MR) is 67.2 cm³/mol. The number of nitrogens with one attached hydrogen (secondary N) is 1. The van der Waals surface area contributed by atoms with Gasteiger partial charge in [-0.1, -0.05) is 13.8 Å². The second-order valence-corrected chi connectivity index (χ2v) is 5.43. The van der Waals surface area contributed by atoms with Crippen LogP contribution in [-0.2, 0) is 14.3 Å². The molecule has 2 saturated heterocycles. The van der Waals surface area contributed by atoms with E-state index in [2.05, 4.69) is 5.32 Å². The van der Waals surface area contributed by atoms with E-state index in [4.69, 9.17) is 4.74 Å². The Labute approximate surface area is 112 Å². The minimum absolute atomic E-state index is 0.120. The molecule has 2 aliphatic heterocycles. The van der Waals surface area contributed by atoms with Crippen LogP contribution >= 0.6 is 0 Å². The van der Waals surface area contributed by atoms with Crippen molar-refractivity contribution >= 4 is 17.8 Å². The molecule has 6 heteroatoms. The molecular formula is C13H20N2O4. The molecule has 4 amide bonds. The van der Waals surface area contributed by atoms with E-state index in [0.717, 1.165) is 24.3 Å². The Kier molecular flexibility index (Phi) is 4.19. The van der Waals surface area contributed by atoms with E-state index in [1.807, 2.05) is 0 Å². The molecule has 106 valence electrons. The minimum Gasteiger partial charge on any atom is -0.378 e. The summed E-state index contributed by atoms with van der Waals surface area (Å²) in [7, 11) is 0. The molecule has 0 radical (unpaired) electrons. The first-order valence-corrected chi connectivity index (χ1v) is 6.78. The van der Waals surface area contributed by atoms with E-state index in [1.54, 1.807) is 13.8 Å². The maximum atomic E-state index is 12.2. The SMILES string of the molecule is CC(C)C1C(=O)NC(=O)N(CCC2CCCO2)C1=O. The van der Waals surface area contributed by atoms with Gasteiger partial charge in [0.1, 0.15) is 5.92 Å². The Hall–Kier alpha value is -1.43. The number of imide groups is 2. The normalized spacial score (nSPS) is 28.2. The van der Waals surface area contributed by atoms with Crippen LogP contribution in [-0.4, -0.2) is 42.0 Å². The summed E-state index contributed by atoms with van der Waals surface area (Å²) < 4.78 is 5.47. The zero-order valence-electron chi connectivity index (χ0n) is 11.3. The minimum atomic E-state index is -0.762. The van der Waals surface area contributed by atoms with Gasteiger partial charge in [0.25, 0.3) is 0 Å². The average molecular weight is 268 g/mol. The second kappa shape index (κ2) is 5.69. The van der Waals surface area contributed by atoms with Crippen LogP contribution in [0.3, 0.4) is 0 Å². The van der Waals surface area contributed by atoms with Crippen LogP contribution in [0.2, 0.25) is 0 Å². The van der Waals surface area contributed by atoms with E-state index in [9.17, 15) is 14.4 Å². The topological polar surface area (TPSA) is 75.7 Å². The lowest BCUT2D eigenvalue weighted by Gasteiger charge is -2.32.